The zero-order valence-electron chi connectivity index (χ0n) is 20.6. The summed E-state index contributed by atoms with van der Waals surface area (Å²) in [6.07, 6.45) is 3.67. The van der Waals surface area contributed by atoms with E-state index in [1.807, 2.05) is 48.8 Å². The summed E-state index contributed by atoms with van der Waals surface area (Å²) in [5.41, 5.74) is 10.6. The van der Waals surface area contributed by atoms with Gasteiger partial charge >= 0.3 is 0 Å². The predicted molar refractivity (Wildman–Crippen MR) is 157 cm³/mol. The summed E-state index contributed by atoms with van der Waals surface area (Å²) in [6.45, 7) is 0. The van der Waals surface area contributed by atoms with Crippen LogP contribution in [0.15, 0.2) is 134 Å². The molecule has 0 fully saturated rings. The predicted octanol–water partition coefficient (Wildman–Crippen LogP) is 8.86. The minimum absolute atomic E-state index is 0.938. The maximum atomic E-state index is 4.61. The summed E-state index contributed by atoms with van der Waals surface area (Å²) in [7, 11) is 0. The SMILES string of the molecule is c1ccc(-c2ccccc2Nc2ccccc2-c2cccc3c2[nH]c2c(-c4ccccn4)cccc23)nc1. The highest BCUT2D eigenvalue weighted by atomic mass is 14.9. The first-order valence-electron chi connectivity index (χ1n) is 12.7. The Balaban J connectivity index is 1.38. The molecule has 0 saturated carbocycles. The molecule has 4 nitrogen and oxygen atoms in total. The third-order valence-electron chi connectivity index (χ3n) is 6.96. The Hall–Kier alpha value is -5.22. The van der Waals surface area contributed by atoms with E-state index in [9.17, 15) is 0 Å². The van der Waals surface area contributed by atoms with E-state index < -0.39 is 0 Å². The molecule has 7 rings (SSSR count). The molecule has 0 bridgehead atoms. The Labute approximate surface area is 220 Å². The fourth-order valence-electron chi connectivity index (χ4n) is 5.22. The summed E-state index contributed by atoms with van der Waals surface area (Å²) >= 11 is 0. The quantitative estimate of drug-likeness (QED) is 0.254. The molecule has 3 aromatic heterocycles. The molecule has 0 radical (unpaired) electrons. The standard InChI is InChI=1S/C34H24N4/c1-3-19-31(37-32-20-4-2-12-27(32)29-17-5-7-21-35-29)23(11-1)24-13-9-14-25-26-15-10-16-28(34(26)38-33(24)25)30-18-6-8-22-36-30/h1-22,37-38H. The van der Waals surface area contributed by atoms with Gasteiger partial charge in [-0.15, -0.1) is 0 Å². The first-order valence-corrected chi connectivity index (χ1v) is 12.7. The van der Waals surface area contributed by atoms with Crippen molar-refractivity contribution in [3.05, 3.63) is 134 Å². The van der Waals surface area contributed by atoms with Crippen LogP contribution in [0.4, 0.5) is 11.4 Å². The van der Waals surface area contributed by atoms with E-state index in [1.165, 1.54) is 10.8 Å². The van der Waals surface area contributed by atoms with E-state index in [0.29, 0.717) is 0 Å². The molecule has 0 spiro atoms. The molecule has 38 heavy (non-hydrogen) atoms. The second-order valence-corrected chi connectivity index (χ2v) is 9.23. The van der Waals surface area contributed by atoms with Gasteiger partial charge in [0.15, 0.2) is 0 Å². The Morgan fingerprint density at radius 2 is 0.921 bits per heavy atom. The van der Waals surface area contributed by atoms with Crippen molar-refractivity contribution in [2.75, 3.05) is 5.32 Å². The number of para-hydroxylation sites is 4. The molecule has 0 atom stereocenters. The van der Waals surface area contributed by atoms with Gasteiger partial charge in [-0.2, -0.15) is 0 Å². The maximum absolute atomic E-state index is 4.61. The first-order chi connectivity index (χ1) is 18.9. The van der Waals surface area contributed by atoms with Gasteiger partial charge < -0.3 is 10.3 Å². The summed E-state index contributed by atoms with van der Waals surface area (Å²) in [6, 6.07) is 41.7. The highest BCUT2D eigenvalue weighted by molar-refractivity contribution is 6.15. The summed E-state index contributed by atoms with van der Waals surface area (Å²) in [5, 5.41) is 6.09. The van der Waals surface area contributed by atoms with Gasteiger partial charge in [-0.05, 0) is 36.4 Å². The third kappa shape index (κ3) is 3.80. The van der Waals surface area contributed by atoms with Crippen molar-refractivity contribution >= 4 is 33.2 Å². The van der Waals surface area contributed by atoms with Gasteiger partial charge in [0.2, 0.25) is 0 Å². The molecule has 0 aliphatic heterocycles. The molecule has 3 heterocycles. The van der Waals surface area contributed by atoms with Crippen LogP contribution in [0.25, 0.3) is 55.4 Å². The van der Waals surface area contributed by atoms with Crippen molar-refractivity contribution < 1.29 is 0 Å². The molecule has 0 unspecified atom stereocenters. The number of anilines is 2. The lowest BCUT2D eigenvalue weighted by Crippen LogP contribution is -1.96. The third-order valence-corrected chi connectivity index (χ3v) is 6.96. The topological polar surface area (TPSA) is 53.6 Å². The Kier molecular flexibility index (Phi) is 5.41. The van der Waals surface area contributed by atoms with E-state index in [2.05, 4.69) is 105 Å². The van der Waals surface area contributed by atoms with E-state index in [4.69, 9.17) is 0 Å². The van der Waals surface area contributed by atoms with E-state index in [-0.39, 0.29) is 0 Å². The fourth-order valence-corrected chi connectivity index (χ4v) is 5.22. The molecule has 2 N–H and O–H groups in total. The molecular formula is C34H24N4. The van der Waals surface area contributed by atoms with Crippen molar-refractivity contribution in [1.82, 2.24) is 15.0 Å². The van der Waals surface area contributed by atoms with Gasteiger partial charge in [0, 0.05) is 56.8 Å². The minimum atomic E-state index is 0.938. The smallest absolute Gasteiger partial charge is 0.0723 e. The van der Waals surface area contributed by atoms with Crippen LogP contribution >= 0.6 is 0 Å². The van der Waals surface area contributed by atoms with Crippen molar-refractivity contribution in [3.63, 3.8) is 0 Å². The number of H-pyrrole nitrogens is 1. The molecule has 0 aliphatic carbocycles. The zero-order valence-corrected chi connectivity index (χ0v) is 20.6. The van der Waals surface area contributed by atoms with Crippen molar-refractivity contribution in [1.29, 1.82) is 0 Å². The largest absolute Gasteiger partial charge is 0.354 e. The van der Waals surface area contributed by atoms with Gasteiger partial charge in [0.1, 0.15) is 0 Å². The summed E-state index contributed by atoms with van der Waals surface area (Å²) < 4.78 is 0. The second kappa shape index (κ2) is 9.34. The van der Waals surface area contributed by atoms with Gasteiger partial charge in [0.25, 0.3) is 0 Å². The lowest BCUT2D eigenvalue weighted by atomic mass is 9.99. The van der Waals surface area contributed by atoms with Crippen LogP contribution in [0.1, 0.15) is 0 Å². The van der Waals surface area contributed by atoms with Gasteiger partial charge in [-0.3, -0.25) is 9.97 Å². The van der Waals surface area contributed by atoms with Gasteiger partial charge in [-0.1, -0.05) is 84.9 Å². The van der Waals surface area contributed by atoms with Crippen molar-refractivity contribution in [2.24, 2.45) is 0 Å². The normalized spacial score (nSPS) is 11.2. The molecule has 180 valence electrons. The second-order valence-electron chi connectivity index (χ2n) is 9.23. The lowest BCUT2D eigenvalue weighted by Gasteiger charge is -2.16. The molecule has 0 saturated heterocycles. The van der Waals surface area contributed by atoms with E-state index in [1.54, 1.807) is 0 Å². The number of benzene rings is 4. The summed E-state index contributed by atoms with van der Waals surface area (Å²) in [4.78, 5) is 13.0. The molecule has 0 aliphatic rings. The van der Waals surface area contributed by atoms with Crippen LogP contribution in [0.3, 0.4) is 0 Å². The number of pyridine rings is 2. The van der Waals surface area contributed by atoms with Crippen LogP contribution < -0.4 is 5.32 Å². The molecule has 0 amide bonds. The molecule has 7 aromatic rings. The van der Waals surface area contributed by atoms with Gasteiger partial charge in [-0.25, -0.2) is 0 Å². The number of hydrogen-bond acceptors (Lipinski definition) is 3. The van der Waals surface area contributed by atoms with E-state index >= 15 is 0 Å². The molecule has 4 aromatic carbocycles. The fraction of sp³-hybridized carbons (Fsp3) is 0. The van der Waals surface area contributed by atoms with Gasteiger partial charge in [0.05, 0.1) is 22.4 Å². The number of hydrogen-bond donors (Lipinski definition) is 2. The Bertz CT molecular complexity index is 1890. The highest BCUT2D eigenvalue weighted by Crippen LogP contribution is 2.40. The number of nitrogens with zero attached hydrogens (tertiary/aromatic N) is 2. The maximum Gasteiger partial charge on any atom is 0.0723 e. The van der Waals surface area contributed by atoms with Crippen LogP contribution in [-0.2, 0) is 0 Å². The number of rotatable bonds is 5. The summed E-state index contributed by atoms with van der Waals surface area (Å²) in [5.74, 6) is 0. The molecular weight excluding hydrogens is 464 g/mol. The number of aromatic amines is 1. The average molecular weight is 489 g/mol. The number of nitrogens with one attached hydrogen (secondary N) is 2. The van der Waals surface area contributed by atoms with Crippen molar-refractivity contribution in [3.8, 4) is 33.6 Å². The first kappa shape index (κ1) is 22.0. The Morgan fingerprint density at radius 3 is 1.58 bits per heavy atom. The van der Waals surface area contributed by atoms with Crippen LogP contribution in [0.5, 0.6) is 0 Å². The highest BCUT2D eigenvalue weighted by Gasteiger charge is 2.16. The minimum Gasteiger partial charge on any atom is -0.354 e. The lowest BCUT2D eigenvalue weighted by molar-refractivity contribution is 1.32. The van der Waals surface area contributed by atoms with E-state index in [0.717, 1.165) is 56.0 Å². The number of fused-ring (bicyclic) bond motifs is 3. The zero-order chi connectivity index (χ0) is 25.3. The van der Waals surface area contributed by atoms with Crippen LogP contribution in [-0.4, -0.2) is 15.0 Å². The van der Waals surface area contributed by atoms with Crippen molar-refractivity contribution in [2.45, 2.75) is 0 Å². The molecule has 4 heteroatoms. The van der Waals surface area contributed by atoms with Crippen LogP contribution in [0, 0.1) is 0 Å². The monoisotopic (exact) mass is 488 g/mol. The number of aromatic nitrogens is 3. The Morgan fingerprint density at radius 1 is 0.421 bits per heavy atom. The van der Waals surface area contributed by atoms with Crippen LogP contribution in [0.2, 0.25) is 0 Å². The average Bonchev–Trinajstić information content (AvgIpc) is 3.38.